The molecule has 0 heterocycles. The fraction of sp³-hybridized carbons (Fsp3) is 0.529. The average Bonchev–Trinajstić information content (AvgIpc) is 2.37. The van der Waals surface area contributed by atoms with Crippen LogP contribution in [0.5, 0.6) is 5.75 Å². The summed E-state index contributed by atoms with van der Waals surface area (Å²) in [6, 6.07) is 6.19. The molecule has 0 aromatic heterocycles. The van der Waals surface area contributed by atoms with Crippen molar-refractivity contribution in [3.8, 4) is 5.75 Å². The summed E-state index contributed by atoms with van der Waals surface area (Å²) in [6.07, 6.45) is 2.27. The van der Waals surface area contributed by atoms with E-state index in [0.29, 0.717) is 11.8 Å². The number of hydrogen-bond donors (Lipinski definition) is 1. The van der Waals surface area contributed by atoms with E-state index in [9.17, 15) is 0 Å². The van der Waals surface area contributed by atoms with Gasteiger partial charge in [0, 0.05) is 6.54 Å². The van der Waals surface area contributed by atoms with Crippen LogP contribution in [0.1, 0.15) is 33.3 Å². The van der Waals surface area contributed by atoms with Gasteiger partial charge in [0.1, 0.15) is 5.75 Å². The van der Waals surface area contributed by atoms with Gasteiger partial charge in [-0.05, 0) is 52.0 Å². The van der Waals surface area contributed by atoms with Crippen molar-refractivity contribution in [3.63, 3.8) is 0 Å². The maximum atomic E-state index is 5.26. The van der Waals surface area contributed by atoms with Crippen molar-refractivity contribution in [1.29, 1.82) is 0 Å². The topological polar surface area (TPSA) is 21.3 Å². The minimum absolute atomic E-state index is 0.538. The molecule has 3 heteroatoms. The van der Waals surface area contributed by atoms with Crippen molar-refractivity contribution in [3.05, 3.63) is 33.8 Å². The third-order valence-corrected chi connectivity index (χ3v) is 3.77. The maximum Gasteiger partial charge on any atom is 0.133 e. The molecule has 1 aromatic rings. The zero-order valence-corrected chi connectivity index (χ0v) is 14.8. The van der Waals surface area contributed by atoms with Gasteiger partial charge in [-0.1, -0.05) is 45.4 Å². The lowest BCUT2D eigenvalue weighted by atomic mass is 10.00. The predicted octanol–water partition coefficient (Wildman–Crippen LogP) is 4.74. The Kier molecular flexibility index (Phi) is 7.31. The second-order valence-corrected chi connectivity index (χ2v) is 6.65. The normalized spacial score (nSPS) is 12.3. The van der Waals surface area contributed by atoms with Gasteiger partial charge in [0.15, 0.2) is 0 Å². The highest BCUT2D eigenvalue weighted by atomic mass is 79.9. The van der Waals surface area contributed by atoms with E-state index in [1.54, 1.807) is 7.11 Å². The van der Waals surface area contributed by atoms with E-state index in [1.807, 2.05) is 6.07 Å². The molecule has 20 heavy (non-hydrogen) atoms. The predicted molar refractivity (Wildman–Crippen MR) is 91.2 cm³/mol. The Morgan fingerprint density at radius 2 is 2.00 bits per heavy atom. The molecule has 0 bridgehead atoms. The molecule has 0 saturated heterocycles. The highest BCUT2D eigenvalue weighted by Crippen LogP contribution is 2.27. The lowest BCUT2D eigenvalue weighted by Crippen LogP contribution is -2.23. The van der Waals surface area contributed by atoms with Crippen molar-refractivity contribution >= 4 is 22.0 Å². The molecule has 0 unspecified atom stereocenters. The van der Waals surface area contributed by atoms with Crippen molar-refractivity contribution < 1.29 is 4.74 Å². The van der Waals surface area contributed by atoms with Crippen molar-refractivity contribution in [2.24, 2.45) is 11.8 Å². The monoisotopic (exact) mass is 339 g/mol. The maximum absolute atomic E-state index is 5.26. The van der Waals surface area contributed by atoms with Crippen LogP contribution in [-0.4, -0.2) is 20.2 Å². The van der Waals surface area contributed by atoms with E-state index >= 15 is 0 Å². The van der Waals surface area contributed by atoms with Gasteiger partial charge in [-0.2, -0.15) is 0 Å². The van der Waals surface area contributed by atoms with Crippen LogP contribution < -0.4 is 10.1 Å². The Hall–Kier alpha value is -0.800. The van der Waals surface area contributed by atoms with Gasteiger partial charge >= 0.3 is 0 Å². The first-order valence-corrected chi connectivity index (χ1v) is 7.98. The molecule has 0 fully saturated rings. The van der Waals surface area contributed by atoms with Crippen molar-refractivity contribution in [1.82, 2.24) is 5.32 Å². The number of benzene rings is 1. The van der Waals surface area contributed by atoms with E-state index in [1.165, 1.54) is 11.1 Å². The highest BCUT2D eigenvalue weighted by molar-refractivity contribution is 9.10. The molecule has 0 radical (unpaired) electrons. The number of ether oxygens (including phenoxy) is 1. The molecule has 2 nitrogen and oxygen atoms in total. The molecule has 0 aliphatic heterocycles. The summed E-state index contributed by atoms with van der Waals surface area (Å²) in [5, 5.41) is 3.52. The Balaban J connectivity index is 2.82. The molecule has 0 amide bonds. The zero-order valence-electron chi connectivity index (χ0n) is 13.2. The zero-order chi connectivity index (χ0) is 15.1. The lowest BCUT2D eigenvalue weighted by molar-refractivity contribution is 0.412. The van der Waals surface area contributed by atoms with Crippen LogP contribution in [0.2, 0.25) is 0 Å². The molecular weight excluding hydrogens is 314 g/mol. The molecule has 0 aliphatic rings. The van der Waals surface area contributed by atoms with Gasteiger partial charge in [0.2, 0.25) is 0 Å². The summed E-state index contributed by atoms with van der Waals surface area (Å²) < 4.78 is 6.26. The summed E-state index contributed by atoms with van der Waals surface area (Å²) in [6.45, 7) is 10.9. The van der Waals surface area contributed by atoms with Crippen LogP contribution in [0.15, 0.2) is 28.2 Å². The molecule has 1 rings (SSSR count). The van der Waals surface area contributed by atoms with Gasteiger partial charge in [-0.15, -0.1) is 0 Å². The van der Waals surface area contributed by atoms with Gasteiger partial charge in [-0.25, -0.2) is 0 Å². The van der Waals surface area contributed by atoms with E-state index in [2.05, 4.69) is 67.2 Å². The minimum Gasteiger partial charge on any atom is -0.496 e. The molecule has 112 valence electrons. The second-order valence-electron chi connectivity index (χ2n) is 5.79. The minimum atomic E-state index is 0.538. The third-order valence-electron chi connectivity index (χ3n) is 3.15. The molecule has 1 aromatic carbocycles. The van der Waals surface area contributed by atoms with Gasteiger partial charge in [0.05, 0.1) is 11.6 Å². The summed E-state index contributed by atoms with van der Waals surface area (Å²) in [4.78, 5) is 0. The molecular formula is C17H26BrNO. The van der Waals surface area contributed by atoms with Crippen LogP contribution in [-0.2, 0) is 0 Å². The average molecular weight is 340 g/mol. The number of halogens is 1. The Bertz CT molecular complexity index is 452. The first-order valence-electron chi connectivity index (χ1n) is 7.18. The molecule has 0 spiro atoms. The first-order chi connectivity index (χ1) is 9.43. The fourth-order valence-electron chi connectivity index (χ4n) is 1.91. The number of methoxy groups -OCH3 is 1. The fourth-order valence-corrected chi connectivity index (χ4v) is 2.47. The second kappa shape index (κ2) is 8.48. The van der Waals surface area contributed by atoms with Crippen LogP contribution in [0.3, 0.4) is 0 Å². The Morgan fingerprint density at radius 3 is 2.50 bits per heavy atom. The smallest absolute Gasteiger partial charge is 0.133 e. The van der Waals surface area contributed by atoms with E-state index in [-0.39, 0.29) is 0 Å². The molecule has 0 atom stereocenters. The van der Waals surface area contributed by atoms with Gasteiger partial charge in [-0.3, -0.25) is 0 Å². The van der Waals surface area contributed by atoms with Gasteiger partial charge in [0.25, 0.3) is 0 Å². The highest BCUT2D eigenvalue weighted by Gasteiger charge is 2.06. The molecule has 0 saturated carbocycles. The summed E-state index contributed by atoms with van der Waals surface area (Å²) in [5.74, 6) is 2.08. The molecule has 0 aliphatic carbocycles. The summed E-state index contributed by atoms with van der Waals surface area (Å²) >= 11 is 3.54. The number of rotatable bonds is 7. The van der Waals surface area contributed by atoms with Crippen LogP contribution in [0, 0.1) is 11.8 Å². The standard InChI is InChI=1S/C17H26BrNO/c1-12(2)10-19-11-15(13(3)4)8-14-6-7-17(20-5)16(18)9-14/h6-9,12-13,19H,10-11H2,1-5H3. The van der Waals surface area contributed by atoms with E-state index in [0.717, 1.165) is 23.3 Å². The summed E-state index contributed by atoms with van der Waals surface area (Å²) in [7, 11) is 1.69. The molecule has 1 N–H and O–H groups in total. The van der Waals surface area contributed by atoms with E-state index in [4.69, 9.17) is 4.74 Å². The van der Waals surface area contributed by atoms with Crippen LogP contribution in [0.4, 0.5) is 0 Å². The SMILES string of the molecule is COc1ccc(C=C(CNCC(C)C)C(C)C)cc1Br. The van der Waals surface area contributed by atoms with Crippen molar-refractivity contribution in [2.45, 2.75) is 27.7 Å². The number of hydrogen-bond acceptors (Lipinski definition) is 2. The quantitative estimate of drug-likeness (QED) is 0.774. The van der Waals surface area contributed by atoms with Gasteiger partial charge < -0.3 is 10.1 Å². The Labute approximate surface area is 131 Å². The van der Waals surface area contributed by atoms with Crippen LogP contribution in [0.25, 0.3) is 6.08 Å². The first kappa shape index (κ1) is 17.3. The Morgan fingerprint density at radius 1 is 1.30 bits per heavy atom. The number of nitrogens with one attached hydrogen (secondary N) is 1. The van der Waals surface area contributed by atoms with E-state index < -0.39 is 0 Å². The van der Waals surface area contributed by atoms with Crippen LogP contribution >= 0.6 is 15.9 Å². The third kappa shape index (κ3) is 5.68. The summed E-state index contributed by atoms with van der Waals surface area (Å²) in [5.41, 5.74) is 2.62. The largest absolute Gasteiger partial charge is 0.496 e. The lowest BCUT2D eigenvalue weighted by Gasteiger charge is -2.14. The van der Waals surface area contributed by atoms with Crippen molar-refractivity contribution in [2.75, 3.05) is 20.2 Å².